The number of aromatic nitrogens is 2. The molecule has 0 spiro atoms. The molecular weight excluding hydrogens is 313 g/mol. The minimum Gasteiger partial charge on any atom is -0.369 e. The zero-order valence-electron chi connectivity index (χ0n) is 12.4. The van der Waals surface area contributed by atoms with E-state index in [0.29, 0.717) is 22.2 Å². The Hall–Kier alpha value is -2.08. The Morgan fingerprint density at radius 3 is 3.09 bits per heavy atom. The van der Waals surface area contributed by atoms with Crippen molar-refractivity contribution in [1.82, 2.24) is 9.97 Å². The van der Waals surface area contributed by atoms with Gasteiger partial charge in [0.2, 0.25) is 0 Å². The van der Waals surface area contributed by atoms with E-state index in [-0.39, 0.29) is 11.4 Å². The smallest absolute Gasteiger partial charge is 0.258 e. The van der Waals surface area contributed by atoms with Crippen molar-refractivity contribution < 1.29 is 4.39 Å². The Balaban J connectivity index is 1.86. The van der Waals surface area contributed by atoms with Gasteiger partial charge in [0.05, 0.1) is 10.9 Å². The molecule has 0 radical (unpaired) electrons. The Bertz CT molecular complexity index is 934. The van der Waals surface area contributed by atoms with Crippen molar-refractivity contribution >= 4 is 39.3 Å². The number of nitrogens with zero attached hydrogens (tertiary/aromatic N) is 1. The van der Waals surface area contributed by atoms with Crippen LogP contribution < -0.4 is 10.9 Å². The number of halogens is 1. The third kappa shape index (κ3) is 2.67. The highest BCUT2D eigenvalue weighted by atomic mass is 32.2. The standard InChI is InChI=1S/C17H16FN3OS/c18-11-1-2-12-13(7-11)15-14(3-5-19-17(15)22)21-16(12)20-8-10-4-6-23-9-10/h1-3,5,7,10H,4,6,8-9H2,(H,19,22)(H,20,21). The van der Waals surface area contributed by atoms with Crippen molar-refractivity contribution in [2.45, 2.75) is 6.42 Å². The fourth-order valence-corrected chi connectivity index (χ4v) is 4.34. The van der Waals surface area contributed by atoms with Crippen LogP contribution in [-0.2, 0) is 0 Å². The first-order valence-electron chi connectivity index (χ1n) is 7.64. The lowest BCUT2D eigenvalue weighted by Gasteiger charge is -2.14. The van der Waals surface area contributed by atoms with E-state index in [0.717, 1.165) is 23.5 Å². The van der Waals surface area contributed by atoms with Crippen LogP contribution in [-0.4, -0.2) is 28.0 Å². The molecule has 0 aliphatic carbocycles. The molecule has 4 rings (SSSR count). The molecule has 118 valence electrons. The maximum Gasteiger partial charge on any atom is 0.258 e. The molecule has 1 aliphatic rings. The second kappa shape index (κ2) is 5.85. The summed E-state index contributed by atoms with van der Waals surface area (Å²) in [5.74, 6) is 3.36. The highest BCUT2D eigenvalue weighted by Crippen LogP contribution is 2.29. The van der Waals surface area contributed by atoms with Gasteiger partial charge in [-0.25, -0.2) is 9.37 Å². The van der Waals surface area contributed by atoms with E-state index in [1.54, 1.807) is 18.3 Å². The van der Waals surface area contributed by atoms with Gasteiger partial charge < -0.3 is 10.3 Å². The predicted octanol–water partition coefficient (Wildman–Crippen LogP) is 3.38. The average molecular weight is 329 g/mol. The lowest BCUT2D eigenvalue weighted by atomic mass is 10.1. The quantitative estimate of drug-likeness (QED) is 0.723. The number of benzene rings is 1. The van der Waals surface area contributed by atoms with Crippen molar-refractivity contribution in [3.05, 3.63) is 46.6 Å². The predicted molar refractivity (Wildman–Crippen MR) is 93.7 cm³/mol. The Morgan fingerprint density at radius 1 is 1.35 bits per heavy atom. The number of pyridine rings is 2. The van der Waals surface area contributed by atoms with E-state index in [9.17, 15) is 9.18 Å². The Kier molecular flexibility index (Phi) is 3.69. The molecule has 1 aliphatic heterocycles. The second-order valence-corrected chi connectivity index (χ2v) is 6.98. The normalized spacial score (nSPS) is 17.9. The van der Waals surface area contributed by atoms with Crippen molar-refractivity contribution in [2.75, 3.05) is 23.4 Å². The summed E-state index contributed by atoms with van der Waals surface area (Å²) in [6, 6.07) is 6.25. The van der Waals surface area contributed by atoms with E-state index < -0.39 is 0 Å². The first kappa shape index (κ1) is 14.5. The Labute approximate surface area is 136 Å². The summed E-state index contributed by atoms with van der Waals surface area (Å²) < 4.78 is 13.7. The van der Waals surface area contributed by atoms with Crippen LogP contribution >= 0.6 is 11.8 Å². The molecule has 2 N–H and O–H groups in total. The summed E-state index contributed by atoms with van der Waals surface area (Å²) in [6.07, 6.45) is 2.78. The van der Waals surface area contributed by atoms with Crippen molar-refractivity contribution in [3.63, 3.8) is 0 Å². The van der Waals surface area contributed by atoms with Gasteiger partial charge in [-0.1, -0.05) is 0 Å². The molecule has 1 fully saturated rings. The maximum absolute atomic E-state index is 13.7. The molecule has 3 heterocycles. The van der Waals surface area contributed by atoms with Crippen LogP contribution in [0, 0.1) is 11.7 Å². The summed E-state index contributed by atoms with van der Waals surface area (Å²) >= 11 is 1.97. The molecule has 4 nitrogen and oxygen atoms in total. The molecule has 0 bridgehead atoms. The first-order chi connectivity index (χ1) is 11.2. The topological polar surface area (TPSA) is 57.8 Å². The molecule has 23 heavy (non-hydrogen) atoms. The minimum atomic E-state index is -0.355. The van der Waals surface area contributed by atoms with Crippen LogP contribution in [0.4, 0.5) is 10.2 Å². The lowest BCUT2D eigenvalue weighted by Crippen LogP contribution is -2.15. The molecule has 6 heteroatoms. The number of aromatic amines is 1. The minimum absolute atomic E-state index is 0.246. The van der Waals surface area contributed by atoms with Crippen LogP contribution in [0.2, 0.25) is 0 Å². The molecule has 1 unspecified atom stereocenters. The van der Waals surface area contributed by atoms with E-state index in [4.69, 9.17) is 0 Å². The molecule has 3 aromatic rings. The molecular formula is C17H16FN3OS. The lowest BCUT2D eigenvalue weighted by molar-refractivity contribution is 0.629. The first-order valence-corrected chi connectivity index (χ1v) is 8.80. The van der Waals surface area contributed by atoms with Crippen LogP contribution in [0.1, 0.15) is 6.42 Å². The second-order valence-electron chi connectivity index (χ2n) is 5.83. The highest BCUT2D eigenvalue weighted by molar-refractivity contribution is 7.99. The Morgan fingerprint density at radius 2 is 2.26 bits per heavy atom. The van der Waals surface area contributed by atoms with E-state index in [1.165, 1.54) is 24.3 Å². The summed E-state index contributed by atoms with van der Waals surface area (Å²) in [7, 11) is 0. The molecule has 2 aromatic heterocycles. The van der Waals surface area contributed by atoms with Gasteiger partial charge in [0.1, 0.15) is 11.6 Å². The summed E-state index contributed by atoms with van der Waals surface area (Å²) in [6.45, 7) is 0.848. The summed E-state index contributed by atoms with van der Waals surface area (Å²) in [5, 5.41) is 5.21. The number of hydrogen-bond acceptors (Lipinski definition) is 4. The van der Waals surface area contributed by atoms with E-state index >= 15 is 0 Å². The molecule has 1 atom stereocenters. The molecule has 0 amide bonds. The highest BCUT2D eigenvalue weighted by Gasteiger charge is 2.17. The zero-order chi connectivity index (χ0) is 15.8. The van der Waals surface area contributed by atoms with E-state index in [1.807, 2.05) is 11.8 Å². The van der Waals surface area contributed by atoms with Crippen LogP contribution in [0.5, 0.6) is 0 Å². The van der Waals surface area contributed by atoms with Crippen LogP contribution in [0.25, 0.3) is 21.7 Å². The fraction of sp³-hybridized carbons (Fsp3) is 0.294. The average Bonchev–Trinajstić information content (AvgIpc) is 3.05. The van der Waals surface area contributed by atoms with Crippen molar-refractivity contribution in [3.8, 4) is 0 Å². The maximum atomic E-state index is 13.7. The summed E-state index contributed by atoms with van der Waals surface area (Å²) in [4.78, 5) is 19.4. The largest absolute Gasteiger partial charge is 0.369 e. The van der Waals surface area contributed by atoms with Crippen LogP contribution in [0.15, 0.2) is 35.3 Å². The number of nitrogens with one attached hydrogen (secondary N) is 2. The SMILES string of the molecule is O=c1[nH]ccc2nc(NCC3CCSC3)c3ccc(F)cc3c12. The molecule has 1 saturated heterocycles. The zero-order valence-corrected chi connectivity index (χ0v) is 13.3. The van der Waals surface area contributed by atoms with Gasteiger partial charge in [0.25, 0.3) is 5.56 Å². The van der Waals surface area contributed by atoms with Gasteiger partial charge in [0.15, 0.2) is 0 Å². The third-order valence-electron chi connectivity index (χ3n) is 4.26. The van der Waals surface area contributed by atoms with Crippen molar-refractivity contribution in [1.29, 1.82) is 0 Å². The van der Waals surface area contributed by atoms with Crippen LogP contribution in [0.3, 0.4) is 0 Å². The van der Waals surface area contributed by atoms with Gasteiger partial charge in [-0.15, -0.1) is 0 Å². The molecule has 1 aromatic carbocycles. The van der Waals surface area contributed by atoms with Crippen molar-refractivity contribution in [2.24, 2.45) is 5.92 Å². The van der Waals surface area contributed by atoms with Gasteiger partial charge in [-0.05, 0) is 48.1 Å². The molecule has 0 saturated carbocycles. The van der Waals surface area contributed by atoms with E-state index in [2.05, 4.69) is 15.3 Å². The number of hydrogen-bond donors (Lipinski definition) is 2. The van der Waals surface area contributed by atoms with Gasteiger partial charge >= 0.3 is 0 Å². The van der Waals surface area contributed by atoms with Gasteiger partial charge in [0, 0.05) is 23.5 Å². The number of H-pyrrole nitrogens is 1. The number of thioether (sulfide) groups is 1. The monoisotopic (exact) mass is 329 g/mol. The number of anilines is 1. The fourth-order valence-electron chi connectivity index (χ4n) is 3.05. The summed E-state index contributed by atoms with van der Waals surface area (Å²) in [5.41, 5.74) is 0.333. The van der Waals surface area contributed by atoms with Gasteiger partial charge in [-0.2, -0.15) is 11.8 Å². The third-order valence-corrected chi connectivity index (χ3v) is 5.49. The number of fused-ring (bicyclic) bond motifs is 3. The number of rotatable bonds is 3. The van der Waals surface area contributed by atoms with Gasteiger partial charge in [-0.3, -0.25) is 4.79 Å².